The van der Waals surface area contributed by atoms with Gasteiger partial charge >= 0.3 is 5.97 Å². The molecule has 31 heavy (non-hydrogen) atoms. The second-order valence-electron chi connectivity index (χ2n) is 7.58. The number of halogens is 4. The summed E-state index contributed by atoms with van der Waals surface area (Å²) >= 11 is 0. The lowest BCUT2D eigenvalue weighted by molar-refractivity contribution is -0.138. The summed E-state index contributed by atoms with van der Waals surface area (Å²) in [6.45, 7) is 7.07. The van der Waals surface area contributed by atoms with Gasteiger partial charge in [-0.05, 0) is 36.1 Å². The predicted molar refractivity (Wildman–Crippen MR) is 106 cm³/mol. The van der Waals surface area contributed by atoms with Crippen LogP contribution in [0.3, 0.4) is 0 Å². The highest BCUT2D eigenvalue weighted by molar-refractivity contribution is 6.24. The maximum atomic E-state index is 14.1. The summed E-state index contributed by atoms with van der Waals surface area (Å²) < 4.78 is 59.1. The Bertz CT molecular complexity index is 1060. The van der Waals surface area contributed by atoms with E-state index in [-0.39, 0.29) is 29.5 Å². The zero-order chi connectivity index (χ0) is 23.5. The van der Waals surface area contributed by atoms with E-state index in [1.54, 1.807) is 12.1 Å². The van der Waals surface area contributed by atoms with Crippen LogP contribution in [0.5, 0.6) is 5.75 Å². The van der Waals surface area contributed by atoms with E-state index < -0.39 is 46.2 Å². The number of hydrogen-bond acceptors (Lipinski definition) is 5. The quantitative estimate of drug-likeness (QED) is 0.0764. The van der Waals surface area contributed by atoms with Crippen LogP contribution in [0.15, 0.2) is 36.0 Å². The SMILES string of the molecule is CCOC(=O)/C(=C/Nc1cc(C(C)(C)C)ccc1O)C(=O)c1cc(F)c(F)c(F)c1F. The fourth-order valence-corrected chi connectivity index (χ4v) is 2.58. The van der Waals surface area contributed by atoms with Crippen molar-refractivity contribution >= 4 is 17.4 Å². The normalized spacial score (nSPS) is 11.9. The molecule has 2 aromatic carbocycles. The molecule has 0 aliphatic rings. The molecule has 9 heteroatoms. The van der Waals surface area contributed by atoms with Crippen molar-refractivity contribution < 1.29 is 37.0 Å². The van der Waals surface area contributed by atoms with E-state index in [4.69, 9.17) is 4.74 Å². The van der Waals surface area contributed by atoms with Crippen molar-refractivity contribution in [3.05, 3.63) is 70.4 Å². The molecule has 0 saturated heterocycles. The van der Waals surface area contributed by atoms with Gasteiger partial charge in [0.2, 0.25) is 5.78 Å². The number of anilines is 1. The predicted octanol–water partition coefficient (Wildman–Crippen LogP) is 4.99. The van der Waals surface area contributed by atoms with Gasteiger partial charge in [0.05, 0.1) is 17.9 Å². The Morgan fingerprint density at radius 3 is 2.29 bits per heavy atom. The minimum Gasteiger partial charge on any atom is -0.506 e. The lowest BCUT2D eigenvalue weighted by Gasteiger charge is -2.20. The number of Topliss-reactive ketones (excluding diaryl/α,β-unsaturated/α-hetero) is 1. The van der Waals surface area contributed by atoms with Crippen LogP contribution in [0.1, 0.15) is 43.6 Å². The van der Waals surface area contributed by atoms with Crippen molar-refractivity contribution in [1.29, 1.82) is 0 Å². The molecule has 0 aliphatic heterocycles. The molecule has 5 nitrogen and oxygen atoms in total. The second kappa shape index (κ2) is 9.20. The van der Waals surface area contributed by atoms with Crippen LogP contribution in [0.2, 0.25) is 0 Å². The zero-order valence-corrected chi connectivity index (χ0v) is 17.3. The average molecular weight is 439 g/mol. The van der Waals surface area contributed by atoms with E-state index in [0.717, 1.165) is 11.8 Å². The molecule has 0 bridgehead atoms. The summed E-state index contributed by atoms with van der Waals surface area (Å²) in [5.41, 5.74) is -1.38. The first-order valence-corrected chi connectivity index (χ1v) is 9.23. The molecule has 166 valence electrons. The summed E-state index contributed by atoms with van der Waals surface area (Å²) in [6, 6.07) is 4.80. The van der Waals surface area contributed by atoms with E-state index >= 15 is 0 Å². The number of benzene rings is 2. The summed E-state index contributed by atoms with van der Waals surface area (Å²) in [7, 11) is 0. The van der Waals surface area contributed by atoms with E-state index in [2.05, 4.69) is 5.32 Å². The molecule has 0 atom stereocenters. The third kappa shape index (κ3) is 5.22. The highest BCUT2D eigenvalue weighted by atomic mass is 19.2. The van der Waals surface area contributed by atoms with Gasteiger partial charge in [-0.1, -0.05) is 26.8 Å². The molecule has 0 spiro atoms. The Morgan fingerprint density at radius 1 is 1.06 bits per heavy atom. The summed E-state index contributed by atoms with van der Waals surface area (Å²) in [6.07, 6.45) is 0.820. The van der Waals surface area contributed by atoms with Crippen molar-refractivity contribution in [3.8, 4) is 5.75 Å². The fourth-order valence-electron chi connectivity index (χ4n) is 2.58. The number of rotatable bonds is 6. The molecule has 2 rings (SSSR count). The maximum absolute atomic E-state index is 14.1. The Kier molecular flexibility index (Phi) is 7.09. The van der Waals surface area contributed by atoms with Crippen LogP contribution in [0.25, 0.3) is 0 Å². The number of ether oxygens (including phenoxy) is 1. The van der Waals surface area contributed by atoms with Gasteiger partial charge in [-0.3, -0.25) is 4.79 Å². The van der Waals surface area contributed by atoms with Crippen molar-refractivity contribution in [3.63, 3.8) is 0 Å². The first-order valence-electron chi connectivity index (χ1n) is 9.23. The zero-order valence-electron chi connectivity index (χ0n) is 17.3. The number of ketones is 1. The summed E-state index contributed by atoms with van der Waals surface area (Å²) in [4.78, 5) is 24.9. The number of nitrogens with one attached hydrogen (secondary N) is 1. The highest BCUT2D eigenvalue weighted by Crippen LogP contribution is 2.31. The molecule has 0 heterocycles. The minimum absolute atomic E-state index is 0.110. The number of phenolic OH excluding ortho intramolecular Hbond substituents is 1. The molecule has 0 fully saturated rings. The molecule has 0 saturated carbocycles. The number of hydrogen-bond donors (Lipinski definition) is 2. The lowest BCUT2D eigenvalue weighted by atomic mass is 9.87. The monoisotopic (exact) mass is 439 g/mol. The van der Waals surface area contributed by atoms with Crippen LogP contribution < -0.4 is 5.32 Å². The first kappa shape index (κ1) is 23.9. The van der Waals surface area contributed by atoms with Crippen molar-refractivity contribution in [2.75, 3.05) is 11.9 Å². The molecule has 0 unspecified atom stereocenters. The number of esters is 1. The van der Waals surface area contributed by atoms with Crippen LogP contribution >= 0.6 is 0 Å². The first-order chi connectivity index (χ1) is 14.4. The Morgan fingerprint density at radius 2 is 1.71 bits per heavy atom. The Hall–Kier alpha value is -3.36. The summed E-state index contributed by atoms with van der Waals surface area (Å²) in [5.74, 6) is -10.9. The largest absolute Gasteiger partial charge is 0.506 e. The van der Waals surface area contributed by atoms with E-state index in [1.165, 1.54) is 13.0 Å². The molecule has 2 aromatic rings. The van der Waals surface area contributed by atoms with Crippen LogP contribution in [0.4, 0.5) is 23.2 Å². The molecule has 0 aliphatic carbocycles. The smallest absolute Gasteiger partial charge is 0.343 e. The van der Waals surface area contributed by atoms with Crippen LogP contribution in [0, 0.1) is 23.3 Å². The molecule has 0 radical (unpaired) electrons. The Balaban J connectivity index is 2.53. The average Bonchev–Trinajstić information content (AvgIpc) is 2.69. The van der Waals surface area contributed by atoms with Gasteiger partial charge in [-0.25, -0.2) is 22.4 Å². The van der Waals surface area contributed by atoms with Gasteiger partial charge in [0.25, 0.3) is 0 Å². The topological polar surface area (TPSA) is 75.6 Å². The molecular weight excluding hydrogens is 418 g/mol. The van der Waals surface area contributed by atoms with E-state index in [9.17, 15) is 32.3 Å². The second-order valence-corrected chi connectivity index (χ2v) is 7.58. The molecule has 2 N–H and O–H groups in total. The standard InChI is InChI=1S/C22H21F4NO4/c1-5-31-21(30)13(20(29)12-9-14(23)18(25)19(26)17(12)24)10-27-15-8-11(22(2,3)4)6-7-16(15)28/h6-10,27-28H,5H2,1-4H3/b13-10+. The number of carbonyl (C=O) groups excluding carboxylic acids is 2. The fraction of sp³-hybridized carbons (Fsp3) is 0.273. The maximum Gasteiger partial charge on any atom is 0.343 e. The number of phenols is 1. The Labute approximate surface area is 176 Å². The molecule has 0 amide bonds. The van der Waals surface area contributed by atoms with Gasteiger partial charge in [0.1, 0.15) is 11.3 Å². The van der Waals surface area contributed by atoms with Gasteiger partial charge in [-0.15, -0.1) is 0 Å². The van der Waals surface area contributed by atoms with Crippen LogP contribution in [-0.4, -0.2) is 23.5 Å². The third-order valence-electron chi connectivity index (χ3n) is 4.32. The van der Waals surface area contributed by atoms with Crippen LogP contribution in [-0.2, 0) is 14.9 Å². The number of aromatic hydroxyl groups is 1. The van der Waals surface area contributed by atoms with Crippen molar-refractivity contribution in [2.24, 2.45) is 0 Å². The molecular formula is C22H21F4NO4. The van der Waals surface area contributed by atoms with Gasteiger partial charge < -0.3 is 15.2 Å². The molecule has 0 aromatic heterocycles. The van der Waals surface area contributed by atoms with Gasteiger partial charge in [0.15, 0.2) is 23.3 Å². The van der Waals surface area contributed by atoms with Gasteiger partial charge in [-0.2, -0.15) is 0 Å². The lowest BCUT2D eigenvalue weighted by Crippen LogP contribution is -2.20. The van der Waals surface area contributed by atoms with E-state index in [1.807, 2.05) is 20.8 Å². The van der Waals surface area contributed by atoms with E-state index in [0.29, 0.717) is 0 Å². The highest BCUT2D eigenvalue weighted by Gasteiger charge is 2.29. The van der Waals surface area contributed by atoms with Crippen molar-refractivity contribution in [2.45, 2.75) is 33.1 Å². The van der Waals surface area contributed by atoms with Gasteiger partial charge in [0, 0.05) is 6.20 Å². The number of carbonyl (C=O) groups is 2. The third-order valence-corrected chi connectivity index (χ3v) is 4.32. The van der Waals surface area contributed by atoms with Crippen molar-refractivity contribution in [1.82, 2.24) is 0 Å². The minimum atomic E-state index is -2.19. The summed E-state index contributed by atoms with van der Waals surface area (Å²) in [5, 5.41) is 12.6.